The maximum absolute atomic E-state index is 5.20. The molecular formula is C22H22N3OS2+. The molecule has 0 saturated carbocycles. The van der Waals surface area contributed by atoms with E-state index in [0.717, 1.165) is 28.8 Å². The highest BCUT2D eigenvalue weighted by atomic mass is 32.1. The topological polar surface area (TPSA) is 50.8 Å². The molecule has 0 aliphatic carbocycles. The lowest BCUT2D eigenvalue weighted by atomic mass is 10.1. The Hall–Kier alpha value is -2.67. The third-order valence-electron chi connectivity index (χ3n) is 4.46. The monoisotopic (exact) mass is 408 g/mol. The molecule has 142 valence electrons. The predicted molar refractivity (Wildman–Crippen MR) is 117 cm³/mol. The lowest BCUT2D eigenvalue weighted by molar-refractivity contribution is -0.702. The number of aromatic nitrogens is 1. The van der Waals surface area contributed by atoms with Crippen LogP contribution in [0.5, 0.6) is 5.75 Å². The predicted octanol–water partition coefficient (Wildman–Crippen LogP) is 4.81. The van der Waals surface area contributed by atoms with Crippen molar-refractivity contribution in [2.24, 2.45) is 0 Å². The number of methoxy groups -OCH3 is 1. The summed E-state index contributed by atoms with van der Waals surface area (Å²) in [5.41, 5.74) is 3.40. The van der Waals surface area contributed by atoms with Gasteiger partial charge in [0.05, 0.1) is 12.0 Å². The summed E-state index contributed by atoms with van der Waals surface area (Å²) in [6.45, 7) is 0.832. The Morgan fingerprint density at radius 2 is 1.82 bits per heavy atom. The van der Waals surface area contributed by atoms with Gasteiger partial charge >= 0.3 is 0 Å². The molecule has 2 heterocycles. The van der Waals surface area contributed by atoms with Gasteiger partial charge in [-0.05, 0) is 35.7 Å². The van der Waals surface area contributed by atoms with E-state index in [1.165, 1.54) is 10.4 Å². The highest BCUT2D eigenvalue weighted by molar-refractivity contribution is 7.13. The van der Waals surface area contributed by atoms with Crippen molar-refractivity contribution in [2.75, 3.05) is 12.4 Å². The van der Waals surface area contributed by atoms with E-state index >= 15 is 0 Å². The summed E-state index contributed by atoms with van der Waals surface area (Å²) in [5, 5.41) is 10.9. The molecule has 0 aliphatic rings. The third kappa shape index (κ3) is 4.59. The van der Waals surface area contributed by atoms with Crippen LogP contribution in [0, 0.1) is 0 Å². The van der Waals surface area contributed by atoms with Crippen LogP contribution >= 0.6 is 22.7 Å². The van der Waals surface area contributed by atoms with Crippen molar-refractivity contribution in [3.8, 4) is 5.75 Å². The molecule has 4 rings (SSSR count). The Labute approximate surface area is 172 Å². The number of nitrogens with one attached hydrogen (secondary N) is 1. The van der Waals surface area contributed by atoms with Gasteiger partial charge in [-0.1, -0.05) is 36.4 Å². The van der Waals surface area contributed by atoms with Gasteiger partial charge in [-0.15, -0.1) is 22.7 Å². The van der Waals surface area contributed by atoms with Gasteiger partial charge in [0.25, 0.3) is 0 Å². The largest absolute Gasteiger partial charge is 0.497 e. The summed E-state index contributed by atoms with van der Waals surface area (Å²) in [6.07, 6.45) is 0. The van der Waals surface area contributed by atoms with E-state index in [1.807, 2.05) is 24.3 Å². The lowest BCUT2D eigenvalue weighted by Crippen LogP contribution is -2.83. The second-order valence-corrected chi connectivity index (χ2v) is 8.18. The Kier molecular flexibility index (Phi) is 6.01. The number of thiophene rings is 1. The van der Waals surface area contributed by atoms with Gasteiger partial charge in [0, 0.05) is 16.6 Å². The summed E-state index contributed by atoms with van der Waals surface area (Å²) in [4.78, 5) is 6.10. The summed E-state index contributed by atoms with van der Waals surface area (Å²) in [5.74, 6) is 0.848. The number of nitrogens with zero attached hydrogens (tertiary/aromatic N) is 1. The van der Waals surface area contributed by atoms with E-state index in [2.05, 4.69) is 63.9 Å². The van der Waals surface area contributed by atoms with E-state index in [0.29, 0.717) is 6.04 Å². The first-order valence-corrected chi connectivity index (χ1v) is 10.8. The summed E-state index contributed by atoms with van der Waals surface area (Å²) >= 11 is 3.43. The van der Waals surface area contributed by atoms with Crippen molar-refractivity contribution < 1.29 is 10.1 Å². The number of hydrogen-bond donors (Lipinski definition) is 2. The molecule has 0 spiro atoms. The molecule has 6 heteroatoms. The number of anilines is 2. The van der Waals surface area contributed by atoms with Crippen LogP contribution in [0.15, 0.2) is 77.5 Å². The van der Waals surface area contributed by atoms with Gasteiger partial charge in [-0.25, -0.2) is 4.98 Å². The standard InChI is InChI=1S/C22H21N3OS2/c1-26-19-11-9-17(10-12-19)24-22-25-18(15-28-22)14-23-21(20-8-5-13-27-20)16-6-3-2-4-7-16/h2-13,15,21,23H,14H2,1H3,(H,24,25)/p+1/t21-/m0/s1. The zero-order chi connectivity index (χ0) is 19.2. The van der Waals surface area contributed by atoms with Crippen LogP contribution in [0.4, 0.5) is 10.8 Å². The SMILES string of the molecule is COc1ccc(Nc2nc(C[NH2+][C@@H](c3ccccc3)c3cccs3)cs2)cc1. The van der Waals surface area contributed by atoms with Gasteiger partial charge < -0.3 is 15.4 Å². The van der Waals surface area contributed by atoms with Crippen molar-refractivity contribution >= 4 is 33.5 Å². The smallest absolute Gasteiger partial charge is 0.187 e. The summed E-state index contributed by atoms with van der Waals surface area (Å²) in [7, 11) is 1.67. The van der Waals surface area contributed by atoms with Crippen molar-refractivity contribution in [1.29, 1.82) is 0 Å². The van der Waals surface area contributed by atoms with Crippen molar-refractivity contribution in [3.05, 3.63) is 93.6 Å². The fourth-order valence-electron chi connectivity index (χ4n) is 3.04. The van der Waals surface area contributed by atoms with Crippen LogP contribution in [0.25, 0.3) is 0 Å². The van der Waals surface area contributed by atoms with Crippen LogP contribution in [-0.4, -0.2) is 12.1 Å². The molecule has 0 unspecified atom stereocenters. The number of thiazole rings is 1. The first-order chi connectivity index (χ1) is 13.8. The fourth-order valence-corrected chi connectivity index (χ4v) is 4.63. The molecule has 1 atom stereocenters. The minimum absolute atomic E-state index is 0.292. The Balaban J connectivity index is 1.42. The fraction of sp³-hybridized carbons (Fsp3) is 0.136. The second kappa shape index (κ2) is 9.01. The van der Waals surface area contributed by atoms with E-state index in [1.54, 1.807) is 29.8 Å². The van der Waals surface area contributed by atoms with Crippen LogP contribution < -0.4 is 15.4 Å². The first kappa shape index (κ1) is 18.7. The molecule has 4 aromatic rings. The Morgan fingerprint density at radius 1 is 1.00 bits per heavy atom. The molecule has 0 fully saturated rings. The Bertz CT molecular complexity index is 982. The van der Waals surface area contributed by atoms with Crippen molar-refractivity contribution in [2.45, 2.75) is 12.6 Å². The first-order valence-electron chi connectivity index (χ1n) is 9.09. The highest BCUT2D eigenvalue weighted by Crippen LogP contribution is 2.24. The van der Waals surface area contributed by atoms with Gasteiger partial charge in [0.2, 0.25) is 0 Å². The quantitative estimate of drug-likeness (QED) is 0.440. The van der Waals surface area contributed by atoms with E-state index in [4.69, 9.17) is 9.72 Å². The number of hydrogen-bond acceptors (Lipinski definition) is 5. The number of ether oxygens (including phenoxy) is 1. The minimum atomic E-state index is 0.292. The van der Waals surface area contributed by atoms with Gasteiger partial charge in [0.15, 0.2) is 5.13 Å². The molecule has 0 saturated heterocycles. The molecule has 3 N–H and O–H groups in total. The molecular weight excluding hydrogens is 386 g/mol. The van der Waals surface area contributed by atoms with Crippen LogP contribution in [0.1, 0.15) is 22.2 Å². The summed E-state index contributed by atoms with van der Waals surface area (Å²) in [6, 6.07) is 23.1. The second-order valence-electron chi connectivity index (χ2n) is 6.34. The summed E-state index contributed by atoms with van der Waals surface area (Å²) < 4.78 is 5.20. The lowest BCUT2D eigenvalue weighted by Gasteiger charge is -2.14. The highest BCUT2D eigenvalue weighted by Gasteiger charge is 2.19. The maximum Gasteiger partial charge on any atom is 0.187 e. The average Bonchev–Trinajstić information content (AvgIpc) is 3.42. The molecule has 2 aromatic heterocycles. The molecule has 0 bridgehead atoms. The number of rotatable bonds is 8. The van der Waals surface area contributed by atoms with Crippen LogP contribution in [-0.2, 0) is 6.54 Å². The minimum Gasteiger partial charge on any atom is -0.497 e. The van der Waals surface area contributed by atoms with Crippen LogP contribution in [0.2, 0.25) is 0 Å². The number of nitrogens with two attached hydrogens (primary N) is 1. The van der Waals surface area contributed by atoms with Gasteiger partial charge in [-0.3, -0.25) is 0 Å². The molecule has 4 nitrogen and oxygen atoms in total. The zero-order valence-corrected chi connectivity index (χ0v) is 17.2. The van der Waals surface area contributed by atoms with Gasteiger partial charge in [-0.2, -0.15) is 0 Å². The van der Waals surface area contributed by atoms with Gasteiger partial charge in [0.1, 0.15) is 24.0 Å². The Morgan fingerprint density at radius 3 is 2.54 bits per heavy atom. The zero-order valence-electron chi connectivity index (χ0n) is 15.5. The average molecular weight is 409 g/mol. The molecule has 2 aromatic carbocycles. The van der Waals surface area contributed by atoms with E-state index in [9.17, 15) is 0 Å². The molecule has 0 aliphatic heterocycles. The van der Waals surface area contributed by atoms with Crippen molar-refractivity contribution in [1.82, 2.24) is 4.98 Å². The number of quaternary nitrogens is 1. The third-order valence-corrected chi connectivity index (χ3v) is 6.23. The maximum atomic E-state index is 5.20. The number of benzene rings is 2. The normalized spacial score (nSPS) is 11.9. The van der Waals surface area contributed by atoms with Crippen molar-refractivity contribution in [3.63, 3.8) is 0 Å². The molecule has 28 heavy (non-hydrogen) atoms. The van der Waals surface area contributed by atoms with E-state index < -0.39 is 0 Å². The molecule has 0 radical (unpaired) electrons. The van der Waals surface area contributed by atoms with Crippen LogP contribution in [0.3, 0.4) is 0 Å². The molecule has 0 amide bonds. The van der Waals surface area contributed by atoms with E-state index in [-0.39, 0.29) is 0 Å².